The van der Waals surface area contributed by atoms with Gasteiger partial charge >= 0.3 is 6.03 Å². The van der Waals surface area contributed by atoms with Crippen LogP contribution < -0.4 is 20.7 Å². The molecule has 8 heteroatoms. The van der Waals surface area contributed by atoms with E-state index in [4.69, 9.17) is 4.74 Å². The Hall–Kier alpha value is -2.64. The van der Waals surface area contributed by atoms with Crippen molar-refractivity contribution >= 4 is 17.8 Å². The summed E-state index contributed by atoms with van der Waals surface area (Å²) in [5.74, 6) is -1.09. The third-order valence-electron chi connectivity index (χ3n) is 3.57. The van der Waals surface area contributed by atoms with Crippen LogP contribution in [0.3, 0.4) is 0 Å². The lowest BCUT2D eigenvalue weighted by Gasteiger charge is -2.16. The Morgan fingerprint density at radius 3 is 2.74 bits per heavy atom. The van der Waals surface area contributed by atoms with E-state index in [2.05, 4.69) is 16.0 Å². The van der Waals surface area contributed by atoms with Crippen LogP contribution in [0.25, 0.3) is 0 Å². The Kier molecular flexibility index (Phi) is 5.15. The summed E-state index contributed by atoms with van der Waals surface area (Å²) >= 11 is 0. The van der Waals surface area contributed by atoms with E-state index < -0.39 is 29.8 Å². The van der Waals surface area contributed by atoms with Gasteiger partial charge < -0.3 is 15.4 Å². The van der Waals surface area contributed by atoms with Crippen LogP contribution in [-0.2, 0) is 9.59 Å². The first-order valence-electron chi connectivity index (χ1n) is 7.15. The van der Waals surface area contributed by atoms with Crippen LogP contribution in [0, 0.1) is 5.82 Å². The van der Waals surface area contributed by atoms with Crippen LogP contribution in [0.15, 0.2) is 18.2 Å². The lowest BCUT2D eigenvalue weighted by molar-refractivity contribution is -0.122. The van der Waals surface area contributed by atoms with Crippen molar-refractivity contribution in [2.75, 3.05) is 7.11 Å². The van der Waals surface area contributed by atoms with Crippen molar-refractivity contribution in [1.82, 2.24) is 16.0 Å². The van der Waals surface area contributed by atoms with Gasteiger partial charge in [-0.1, -0.05) is 6.07 Å². The van der Waals surface area contributed by atoms with Gasteiger partial charge in [-0.2, -0.15) is 0 Å². The van der Waals surface area contributed by atoms with Crippen LogP contribution in [0.1, 0.15) is 31.4 Å². The largest absolute Gasteiger partial charge is 0.494 e. The summed E-state index contributed by atoms with van der Waals surface area (Å²) in [6, 6.07) is 2.82. The highest BCUT2D eigenvalue weighted by Gasteiger charge is 2.29. The number of ether oxygens (including phenoxy) is 1. The molecule has 0 bridgehead atoms. The summed E-state index contributed by atoms with van der Waals surface area (Å²) in [6.45, 7) is 1.73. The van der Waals surface area contributed by atoms with E-state index in [1.54, 1.807) is 13.0 Å². The molecule has 0 saturated carbocycles. The molecule has 1 fully saturated rings. The van der Waals surface area contributed by atoms with E-state index in [0.29, 0.717) is 5.56 Å². The Labute approximate surface area is 132 Å². The highest BCUT2D eigenvalue weighted by Crippen LogP contribution is 2.21. The molecule has 1 aromatic rings. The van der Waals surface area contributed by atoms with Gasteiger partial charge in [0.05, 0.1) is 13.2 Å². The molecular formula is C15H18FN3O4. The summed E-state index contributed by atoms with van der Waals surface area (Å²) in [6.07, 6.45) is 0.272. The highest BCUT2D eigenvalue weighted by atomic mass is 19.1. The van der Waals surface area contributed by atoms with Crippen molar-refractivity contribution in [3.05, 3.63) is 29.6 Å². The highest BCUT2D eigenvalue weighted by molar-refractivity contribution is 6.04. The minimum atomic E-state index is -0.693. The molecule has 1 saturated heterocycles. The van der Waals surface area contributed by atoms with Gasteiger partial charge in [-0.15, -0.1) is 0 Å². The fourth-order valence-electron chi connectivity index (χ4n) is 2.29. The van der Waals surface area contributed by atoms with Gasteiger partial charge in [-0.3, -0.25) is 14.9 Å². The number of methoxy groups -OCH3 is 1. The van der Waals surface area contributed by atoms with Gasteiger partial charge in [-0.25, -0.2) is 9.18 Å². The lowest BCUT2D eigenvalue weighted by atomic mass is 10.1. The van der Waals surface area contributed by atoms with Crippen molar-refractivity contribution in [2.24, 2.45) is 0 Å². The number of nitrogens with one attached hydrogen (secondary N) is 3. The van der Waals surface area contributed by atoms with E-state index in [-0.39, 0.29) is 24.5 Å². The Bertz CT molecular complexity index is 635. The smallest absolute Gasteiger partial charge is 0.322 e. The quantitative estimate of drug-likeness (QED) is 0.681. The zero-order chi connectivity index (χ0) is 17.0. The van der Waals surface area contributed by atoms with Gasteiger partial charge in [0.1, 0.15) is 6.04 Å². The fourth-order valence-corrected chi connectivity index (χ4v) is 2.29. The second-order valence-corrected chi connectivity index (χ2v) is 5.24. The molecule has 0 spiro atoms. The maximum absolute atomic E-state index is 13.7. The molecule has 124 valence electrons. The minimum absolute atomic E-state index is 0.0708. The van der Waals surface area contributed by atoms with Gasteiger partial charge in [0.25, 0.3) is 5.91 Å². The predicted molar refractivity (Wildman–Crippen MR) is 79.2 cm³/mol. The molecule has 2 atom stereocenters. The van der Waals surface area contributed by atoms with Crippen molar-refractivity contribution in [2.45, 2.75) is 31.8 Å². The van der Waals surface area contributed by atoms with Crippen LogP contribution in [0.2, 0.25) is 0 Å². The van der Waals surface area contributed by atoms with Crippen LogP contribution in [0.5, 0.6) is 5.75 Å². The maximum atomic E-state index is 13.7. The van der Waals surface area contributed by atoms with E-state index in [0.717, 1.165) is 0 Å². The molecule has 0 unspecified atom stereocenters. The molecule has 1 aromatic carbocycles. The molecule has 2 rings (SSSR count). The SMILES string of the molecule is COc1ccc([C@H](C)NC(=O)CC[C@@H]2NC(=O)NC2=O)cc1F. The van der Waals surface area contributed by atoms with Crippen LogP contribution >= 0.6 is 0 Å². The second kappa shape index (κ2) is 7.08. The van der Waals surface area contributed by atoms with Gasteiger partial charge in [0.15, 0.2) is 11.6 Å². The normalized spacial score (nSPS) is 18.1. The number of amides is 4. The molecule has 0 aromatic heterocycles. The molecular weight excluding hydrogens is 305 g/mol. The number of hydrogen-bond donors (Lipinski definition) is 3. The number of benzene rings is 1. The van der Waals surface area contributed by atoms with E-state index in [1.165, 1.54) is 19.2 Å². The average molecular weight is 323 g/mol. The molecule has 4 amide bonds. The number of halogens is 1. The zero-order valence-corrected chi connectivity index (χ0v) is 12.8. The number of hydrogen-bond acceptors (Lipinski definition) is 4. The van der Waals surface area contributed by atoms with Crippen molar-refractivity contribution in [3.63, 3.8) is 0 Å². The van der Waals surface area contributed by atoms with Gasteiger partial charge in [0, 0.05) is 6.42 Å². The minimum Gasteiger partial charge on any atom is -0.494 e. The zero-order valence-electron chi connectivity index (χ0n) is 12.8. The van der Waals surface area contributed by atoms with Crippen LogP contribution in [0.4, 0.5) is 9.18 Å². The first-order chi connectivity index (χ1) is 10.9. The molecule has 3 N–H and O–H groups in total. The van der Waals surface area contributed by atoms with Crippen LogP contribution in [-0.4, -0.2) is 31.0 Å². The fraction of sp³-hybridized carbons (Fsp3) is 0.400. The van der Waals surface area contributed by atoms with Crippen molar-refractivity contribution < 1.29 is 23.5 Å². The van der Waals surface area contributed by atoms with Crippen molar-refractivity contribution in [1.29, 1.82) is 0 Å². The summed E-state index contributed by atoms with van der Waals surface area (Å²) in [5, 5.41) is 7.24. The lowest BCUT2D eigenvalue weighted by Crippen LogP contribution is -2.32. The number of carbonyl (C=O) groups is 3. The molecule has 7 nitrogen and oxygen atoms in total. The molecule has 0 radical (unpaired) electrons. The average Bonchev–Trinajstić information content (AvgIpc) is 2.82. The molecule has 1 heterocycles. The second-order valence-electron chi connectivity index (χ2n) is 5.24. The monoisotopic (exact) mass is 323 g/mol. The Morgan fingerprint density at radius 2 is 2.17 bits per heavy atom. The number of urea groups is 1. The predicted octanol–water partition coefficient (Wildman–Crippen LogP) is 1.000. The summed E-state index contributed by atoms with van der Waals surface area (Å²) < 4.78 is 18.5. The van der Waals surface area contributed by atoms with E-state index >= 15 is 0 Å². The Morgan fingerprint density at radius 1 is 1.43 bits per heavy atom. The number of rotatable bonds is 6. The Balaban J connectivity index is 1.86. The number of imide groups is 1. The standard InChI is InChI=1S/C15H18FN3O4/c1-8(9-3-5-12(23-2)10(16)7-9)17-13(20)6-4-11-14(21)19-15(22)18-11/h3,5,7-8,11H,4,6H2,1-2H3,(H,17,20)(H2,18,19,21,22)/t8-,11-/m0/s1. The third kappa shape index (κ3) is 4.18. The van der Waals surface area contributed by atoms with Gasteiger partial charge in [0.2, 0.25) is 5.91 Å². The first kappa shape index (κ1) is 16.7. The third-order valence-corrected chi connectivity index (χ3v) is 3.57. The van der Waals surface area contributed by atoms with E-state index in [9.17, 15) is 18.8 Å². The topological polar surface area (TPSA) is 96.5 Å². The maximum Gasteiger partial charge on any atom is 0.322 e. The van der Waals surface area contributed by atoms with Crippen molar-refractivity contribution in [3.8, 4) is 5.75 Å². The molecule has 23 heavy (non-hydrogen) atoms. The van der Waals surface area contributed by atoms with Gasteiger partial charge in [-0.05, 0) is 31.0 Å². The first-order valence-corrected chi connectivity index (χ1v) is 7.15. The molecule has 0 aliphatic carbocycles. The molecule has 1 aliphatic heterocycles. The summed E-state index contributed by atoms with van der Waals surface area (Å²) in [4.78, 5) is 34.2. The summed E-state index contributed by atoms with van der Waals surface area (Å²) in [5.41, 5.74) is 0.601. The van der Waals surface area contributed by atoms with E-state index in [1.807, 2.05) is 0 Å². The molecule has 1 aliphatic rings. The number of carbonyl (C=O) groups excluding carboxylic acids is 3. The summed E-state index contributed by atoms with van der Waals surface area (Å²) in [7, 11) is 1.38.